The lowest BCUT2D eigenvalue weighted by Gasteiger charge is -2.29. The van der Waals surface area contributed by atoms with Crippen molar-refractivity contribution in [3.63, 3.8) is 0 Å². The van der Waals surface area contributed by atoms with Crippen molar-refractivity contribution in [2.24, 2.45) is 0 Å². The van der Waals surface area contributed by atoms with E-state index in [2.05, 4.69) is 16.7 Å². The van der Waals surface area contributed by atoms with Crippen LogP contribution in [0.25, 0.3) is 0 Å². The summed E-state index contributed by atoms with van der Waals surface area (Å²) in [4.78, 5) is 25.5. The Morgan fingerprint density at radius 3 is 2.93 bits per heavy atom. The van der Waals surface area contributed by atoms with E-state index >= 15 is 0 Å². The molecule has 6 nitrogen and oxygen atoms in total. The van der Waals surface area contributed by atoms with Gasteiger partial charge < -0.3 is 20.1 Å². The minimum absolute atomic E-state index is 0.0303. The van der Waals surface area contributed by atoms with E-state index < -0.39 is 0 Å². The van der Waals surface area contributed by atoms with E-state index in [0.717, 1.165) is 29.9 Å². The number of carbonyl (C=O) groups excluding carboxylic acids is 2. The van der Waals surface area contributed by atoms with Crippen molar-refractivity contribution in [3.05, 3.63) is 46.2 Å². The molecule has 1 atom stereocenters. The number of hydrogen-bond donors (Lipinski definition) is 2. The number of amides is 2. The van der Waals surface area contributed by atoms with Crippen LogP contribution in [0.1, 0.15) is 36.1 Å². The lowest BCUT2D eigenvalue weighted by molar-refractivity contribution is -0.122. The van der Waals surface area contributed by atoms with Gasteiger partial charge in [0.15, 0.2) is 11.5 Å². The van der Waals surface area contributed by atoms with Crippen molar-refractivity contribution < 1.29 is 19.1 Å². The smallest absolute Gasteiger partial charge is 0.231 e. The number of rotatable bonds is 8. The summed E-state index contributed by atoms with van der Waals surface area (Å²) in [5, 5.41) is 8.16. The Bertz CT molecular complexity index is 852. The summed E-state index contributed by atoms with van der Waals surface area (Å²) in [5.41, 5.74) is 0.695. The first-order chi connectivity index (χ1) is 13.6. The van der Waals surface area contributed by atoms with Crippen molar-refractivity contribution in [2.45, 2.75) is 44.1 Å². The lowest BCUT2D eigenvalue weighted by atomic mass is 9.85. The van der Waals surface area contributed by atoms with E-state index in [1.807, 2.05) is 29.6 Å². The standard InChI is InChI=1S/C21H24N2O4S/c24-19(22-10-7-16-2-1-11-28-16)5-8-21(9-6-20(25)23-21)13-15-3-4-17-18(12-15)27-14-26-17/h1-4,11-12H,5-10,13-14H2,(H,22,24)(H,23,25)/t21-/m0/s1. The maximum Gasteiger partial charge on any atom is 0.231 e. The van der Waals surface area contributed by atoms with Crippen molar-refractivity contribution in [1.29, 1.82) is 0 Å². The maximum absolute atomic E-state index is 12.3. The summed E-state index contributed by atoms with van der Waals surface area (Å²) in [6, 6.07) is 9.96. The zero-order chi connectivity index (χ0) is 19.4. The van der Waals surface area contributed by atoms with Gasteiger partial charge in [-0.3, -0.25) is 9.59 Å². The van der Waals surface area contributed by atoms with E-state index in [4.69, 9.17) is 9.47 Å². The molecule has 2 aromatic rings. The summed E-state index contributed by atoms with van der Waals surface area (Å²) in [7, 11) is 0. The first-order valence-corrected chi connectivity index (χ1v) is 10.5. The molecule has 0 aliphatic carbocycles. The SMILES string of the molecule is O=C(CC[C@@]1(Cc2ccc3c(c2)OCO3)CCC(=O)N1)NCCc1cccs1. The summed E-state index contributed by atoms with van der Waals surface area (Å²) >= 11 is 1.70. The van der Waals surface area contributed by atoms with Gasteiger partial charge >= 0.3 is 0 Å². The highest BCUT2D eigenvalue weighted by atomic mass is 32.1. The summed E-state index contributed by atoms with van der Waals surface area (Å²) < 4.78 is 10.8. The van der Waals surface area contributed by atoms with Gasteiger partial charge in [0, 0.05) is 29.8 Å². The fourth-order valence-electron chi connectivity index (χ4n) is 3.84. The fraction of sp³-hybridized carbons (Fsp3) is 0.429. The molecule has 2 amide bonds. The molecule has 0 saturated carbocycles. The molecular formula is C21H24N2O4S. The van der Waals surface area contributed by atoms with E-state index in [-0.39, 0.29) is 24.1 Å². The van der Waals surface area contributed by atoms with Gasteiger partial charge in [0.1, 0.15) is 0 Å². The average Bonchev–Trinajstić information content (AvgIpc) is 3.42. The number of carbonyl (C=O) groups is 2. The molecule has 2 aliphatic rings. The largest absolute Gasteiger partial charge is 0.454 e. The molecule has 0 radical (unpaired) electrons. The van der Waals surface area contributed by atoms with Crippen LogP contribution in [0.2, 0.25) is 0 Å². The summed E-state index contributed by atoms with van der Waals surface area (Å²) in [6.45, 7) is 0.882. The van der Waals surface area contributed by atoms with Crippen LogP contribution in [0.3, 0.4) is 0 Å². The molecule has 1 aromatic heterocycles. The topological polar surface area (TPSA) is 76.7 Å². The number of ether oxygens (including phenoxy) is 2. The molecule has 0 unspecified atom stereocenters. The second-order valence-electron chi connectivity index (χ2n) is 7.37. The monoisotopic (exact) mass is 400 g/mol. The quantitative estimate of drug-likeness (QED) is 0.714. The van der Waals surface area contributed by atoms with E-state index in [9.17, 15) is 9.59 Å². The van der Waals surface area contributed by atoms with Crippen LogP contribution >= 0.6 is 11.3 Å². The normalized spacial score (nSPS) is 20.2. The molecule has 7 heteroatoms. The van der Waals surface area contributed by atoms with E-state index in [1.165, 1.54) is 4.88 Å². The third-order valence-corrected chi connectivity index (χ3v) is 6.26. The van der Waals surface area contributed by atoms with Crippen LogP contribution in [0, 0.1) is 0 Å². The second kappa shape index (κ2) is 8.22. The van der Waals surface area contributed by atoms with Gasteiger partial charge in [-0.15, -0.1) is 11.3 Å². The minimum Gasteiger partial charge on any atom is -0.454 e. The Morgan fingerprint density at radius 1 is 1.25 bits per heavy atom. The van der Waals surface area contributed by atoms with Crippen molar-refractivity contribution in [2.75, 3.05) is 13.3 Å². The highest BCUT2D eigenvalue weighted by molar-refractivity contribution is 7.09. The summed E-state index contributed by atoms with van der Waals surface area (Å²) in [6.07, 6.45) is 3.79. The van der Waals surface area contributed by atoms with Gasteiger partial charge in [-0.2, -0.15) is 0 Å². The molecular weight excluding hydrogens is 376 g/mol. The molecule has 2 N–H and O–H groups in total. The average molecular weight is 401 g/mol. The number of benzene rings is 1. The molecule has 4 rings (SSSR count). The number of thiophene rings is 1. The van der Waals surface area contributed by atoms with Crippen LogP contribution in [0.15, 0.2) is 35.7 Å². The Morgan fingerprint density at radius 2 is 2.14 bits per heavy atom. The van der Waals surface area contributed by atoms with Crippen LogP contribution in [0.5, 0.6) is 11.5 Å². The van der Waals surface area contributed by atoms with Gasteiger partial charge in [-0.25, -0.2) is 0 Å². The molecule has 0 bridgehead atoms. The fourth-order valence-corrected chi connectivity index (χ4v) is 4.55. The van der Waals surface area contributed by atoms with Crippen LogP contribution < -0.4 is 20.1 Å². The predicted molar refractivity (Wildman–Crippen MR) is 107 cm³/mol. The lowest BCUT2D eigenvalue weighted by Crippen LogP contribution is -2.44. The van der Waals surface area contributed by atoms with E-state index in [1.54, 1.807) is 11.3 Å². The molecule has 1 aromatic carbocycles. The van der Waals surface area contributed by atoms with Crippen LogP contribution in [-0.4, -0.2) is 30.7 Å². The molecule has 1 fully saturated rings. The highest BCUT2D eigenvalue weighted by Gasteiger charge is 2.38. The predicted octanol–water partition coefficient (Wildman–Crippen LogP) is 2.81. The third-order valence-electron chi connectivity index (χ3n) is 5.32. The minimum atomic E-state index is -0.379. The van der Waals surface area contributed by atoms with Gasteiger partial charge in [-0.1, -0.05) is 12.1 Å². The van der Waals surface area contributed by atoms with Crippen molar-refractivity contribution >= 4 is 23.2 Å². The zero-order valence-corrected chi connectivity index (χ0v) is 16.5. The zero-order valence-electron chi connectivity index (χ0n) is 15.7. The molecule has 148 valence electrons. The molecule has 3 heterocycles. The maximum atomic E-state index is 12.3. The Hall–Kier alpha value is -2.54. The van der Waals surface area contributed by atoms with Crippen molar-refractivity contribution in [3.8, 4) is 11.5 Å². The van der Waals surface area contributed by atoms with Gasteiger partial charge in [0.2, 0.25) is 18.6 Å². The second-order valence-corrected chi connectivity index (χ2v) is 8.40. The first-order valence-electron chi connectivity index (χ1n) is 9.61. The Labute approximate surface area is 168 Å². The molecule has 28 heavy (non-hydrogen) atoms. The van der Waals surface area contributed by atoms with Crippen molar-refractivity contribution in [1.82, 2.24) is 10.6 Å². The Balaban J connectivity index is 1.33. The first kappa shape index (κ1) is 18.8. The highest BCUT2D eigenvalue weighted by Crippen LogP contribution is 2.35. The van der Waals surface area contributed by atoms with Gasteiger partial charge in [-0.05, 0) is 54.8 Å². The number of fused-ring (bicyclic) bond motifs is 1. The molecule has 2 aliphatic heterocycles. The van der Waals surface area contributed by atoms with Crippen LogP contribution in [-0.2, 0) is 22.4 Å². The number of hydrogen-bond acceptors (Lipinski definition) is 5. The Kier molecular flexibility index (Phi) is 5.52. The molecule has 0 spiro atoms. The van der Waals surface area contributed by atoms with Gasteiger partial charge in [0.25, 0.3) is 0 Å². The third kappa shape index (κ3) is 4.47. The number of nitrogens with one attached hydrogen (secondary N) is 2. The van der Waals surface area contributed by atoms with Crippen LogP contribution in [0.4, 0.5) is 0 Å². The van der Waals surface area contributed by atoms with E-state index in [0.29, 0.717) is 32.2 Å². The summed E-state index contributed by atoms with van der Waals surface area (Å²) in [5.74, 6) is 1.57. The van der Waals surface area contributed by atoms with Gasteiger partial charge in [0.05, 0.1) is 0 Å². The molecule has 1 saturated heterocycles.